The number of benzene rings is 2. The first-order valence-corrected chi connectivity index (χ1v) is 11.1. The zero-order valence-corrected chi connectivity index (χ0v) is 20.1. The van der Waals surface area contributed by atoms with Gasteiger partial charge < -0.3 is 19.7 Å². The molecule has 2 aromatic rings. The normalized spacial score (nSPS) is 11.7. The summed E-state index contributed by atoms with van der Waals surface area (Å²) < 4.78 is 11.2. The summed E-state index contributed by atoms with van der Waals surface area (Å²) in [4.78, 5) is 27.9. The van der Waals surface area contributed by atoms with E-state index < -0.39 is 6.04 Å². The highest BCUT2D eigenvalue weighted by Gasteiger charge is 2.29. The SMILES string of the molecule is CC[C@H](C(=O)NCC(C)C)N(Cc1cccc(OC)c1)C(=O)COc1cc(C)ccc1C. The van der Waals surface area contributed by atoms with Crippen LogP contribution in [0.2, 0.25) is 0 Å². The molecule has 0 aliphatic heterocycles. The fourth-order valence-electron chi connectivity index (χ4n) is 3.39. The minimum atomic E-state index is -0.588. The Labute approximate surface area is 191 Å². The average molecular weight is 441 g/mol. The molecule has 1 atom stereocenters. The largest absolute Gasteiger partial charge is 0.497 e. The van der Waals surface area contributed by atoms with Gasteiger partial charge in [-0.1, -0.05) is 45.0 Å². The number of hydrogen-bond donors (Lipinski definition) is 1. The number of methoxy groups -OCH3 is 1. The van der Waals surface area contributed by atoms with E-state index in [1.807, 2.05) is 77.1 Å². The fraction of sp³-hybridized carbons (Fsp3) is 0.462. The van der Waals surface area contributed by atoms with Crippen molar-refractivity contribution in [3.8, 4) is 11.5 Å². The molecule has 0 aliphatic carbocycles. The molecule has 0 fully saturated rings. The minimum Gasteiger partial charge on any atom is -0.497 e. The van der Waals surface area contributed by atoms with Crippen LogP contribution < -0.4 is 14.8 Å². The van der Waals surface area contributed by atoms with E-state index in [0.717, 1.165) is 16.7 Å². The van der Waals surface area contributed by atoms with Crippen LogP contribution in [0, 0.1) is 19.8 Å². The number of nitrogens with one attached hydrogen (secondary N) is 1. The van der Waals surface area contributed by atoms with E-state index in [9.17, 15) is 9.59 Å². The summed E-state index contributed by atoms with van der Waals surface area (Å²) in [6.07, 6.45) is 0.503. The zero-order chi connectivity index (χ0) is 23.7. The Balaban J connectivity index is 2.25. The third kappa shape index (κ3) is 7.29. The lowest BCUT2D eigenvalue weighted by Gasteiger charge is -2.31. The molecular weight excluding hydrogens is 404 g/mol. The molecule has 0 unspecified atom stereocenters. The molecule has 0 heterocycles. The van der Waals surface area contributed by atoms with Crippen molar-refractivity contribution in [1.29, 1.82) is 0 Å². The fourth-order valence-corrected chi connectivity index (χ4v) is 3.39. The van der Waals surface area contributed by atoms with E-state index in [0.29, 0.717) is 36.9 Å². The smallest absolute Gasteiger partial charge is 0.261 e. The Kier molecular flexibility index (Phi) is 9.57. The van der Waals surface area contributed by atoms with Crippen molar-refractivity contribution in [3.05, 3.63) is 59.2 Å². The first kappa shape index (κ1) is 25.2. The highest BCUT2D eigenvalue weighted by atomic mass is 16.5. The van der Waals surface area contributed by atoms with Gasteiger partial charge in [0, 0.05) is 13.1 Å². The summed E-state index contributed by atoms with van der Waals surface area (Å²) in [5.41, 5.74) is 2.91. The van der Waals surface area contributed by atoms with Gasteiger partial charge in [0.15, 0.2) is 6.61 Å². The molecule has 174 valence electrons. The summed E-state index contributed by atoms with van der Waals surface area (Å²) in [7, 11) is 1.61. The predicted octanol–water partition coefficient (Wildman–Crippen LogP) is 4.27. The molecule has 32 heavy (non-hydrogen) atoms. The van der Waals surface area contributed by atoms with Gasteiger partial charge in [-0.25, -0.2) is 0 Å². The quantitative estimate of drug-likeness (QED) is 0.567. The van der Waals surface area contributed by atoms with E-state index >= 15 is 0 Å². The highest BCUT2D eigenvalue weighted by molar-refractivity contribution is 5.88. The van der Waals surface area contributed by atoms with Crippen LogP contribution >= 0.6 is 0 Å². The van der Waals surface area contributed by atoms with Gasteiger partial charge in [0.25, 0.3) is 5.91 Å². The molecule has 0 saturated heterocycles. The van der Waals surface area contributed by atoms with E-state index in [1.54, 1.807) is 12.0 Å². The molecule has 0 aromatic heterocycles. The average Bonchev–Trinajstić information content (AvgIpc) is 2.78. The molecule has 0 saturated carbocycles. The second-order valence-electron chi connectivity index (χ2n) is 8.49. The van der Waals surface area contributed by atoms with Crippen LogP contribution in [0.5, 0.6) is 11.5 Å². The molecule has 0 radical (unpaired) electrons. The van der Waals surface area contributed by atoms with Gasteiger partial charge >= 0.3 is 0 Å². The van der Waals surface area contributed by atoms with Crippen molar-refractivity contribution in [2.75, 3.05) is 20.3 Å². The van der Waals surface area contributed by atoms with Crippen LogP contribution in [0.1, 0.15) is 43.9 Å². The Morgan fingerprint density at radius 3 is 2.50 bits per heavy atom. The molecule has 2 aromatic carbocycles. The van der Waals surface area contributed by atoms with Crippen LogP contribution in [-0.2, 0) is 16.1 Å². The van der Waals surface area contributed by atoms with Gasteiger partial charge in [0.05, 0.1) is 7.11 Å². The first-order chi connectivity index (χ1) is 15.2. The summed E-state index contributed by atoms with van der Waals surface area (Å²) in [6, 6.07) is 12.8. The van der Waals surface area contributed by atoms with Crippen molar-refractivity contribution in [3.63, 3.8) is 0 Å². The third-order valence-electron chi connectivity index (χ3n) is 5.25. The lowest BCUT2D eigenvalue weighted by Crippen LogP contribution is -2.50. The lowest BCUT2D eigenvalue weighted by atomic mass is 10.1. The maximum Gasteiger partial charge on any atom is 0.261 e. The second-order valence-corrected chi connectivity index (χ2v) is 8.49. The van der Waals surface area contributed by atoms with Gasteiger partial charge in [-0.3, -0.25) is 9.59 Å². The maximum absolute atomic E-state index is 13.3. The van der Waals surface area contributed by atoms with Crippen molar-refractivity contribution >= 4 is 11.8 Å². The van der Waals surface area contributed by atoms with Crippen LogP contribution in [0.15, 0.2) is 42.5 Å². The third-order valence-corrected chi connectivity index (χ3v) is 5.25. The van der Waals surface area contributed by atoms with Gasteiger partial charge in [0.1, 0.15) is 17.5 Å². The minimum absolute atomic E-state index is 0.137. The number of amides is 2. The van der Waals surface area contributed by atoms with Crippen molar-refractivity contribution in [1.82, 2.24) is 10.2 Å². The first-order valence-electron chi connectivity index (χ1n) is 11.1. The van der Waals surface area contributed by atoms with Crippen molar-refractivity contribution in [2.45, 2.75) is 53.6 Å². The number of rotatable bonds is 11. The number of nitrogens with zero attached hydrogens (tertiary/aromatic N) is 1. The molecular formula is C26H36N2O4. The van der Waals surface area contributed by atoms with Crippen molar-refractivity contribution in [2.24, 2.45) is 5.92 Å². The van der Waals surface area contributed by atoms with E-state index in [1.165, 1.54) is 0 Å². The van der Waals surface area contributed by atoms with Gasteiger partial charge in [-0.05, 0) is 61.1 Å². The molecule has 0 aliphatic rings. The number of carbonyl (C=O) groups is 2. The van der Waals surface area contributed by atoms with Crippen molar-refractivity contribution < 1.29 is 19.1 Å². The van der Waals surface area contributed by atoms with E-state index in [-0.39, 0.29) is 18.4 Å². The molecule has 2 rings (SSSR count). The second kappa shape index (κ2) is 12.1. The maximum atomic E-state index is 13.3. The Bertz CT molecular complexity index is 910. The lowest BCUT2D eigenvalue weighted by molar-refractivity contribution is -0.143. The van der Waals surface area contributed by atoms with Crippen LogP contribution in [0.4, 0.5) is 0 Å². The molecule has 0 spiro atoms. The zero-order valence-electron chi connectivity index (χ0n) is 20.1. The van der Waals surface area contributed by atoms with Crippen LogP contribution in [0.25, 0.3) is 0 Å². The van der Waals surface area contributed by atoms with E-state index in [4.69, 9.17) is 9.47 Å². The topological polar surface area (TPSA) is 67.9 Å². The number of ether oxygens (including phenoxy) is 2. The number of aryl methyl sites for hydroxylation is 2. The summed E-state index contributed by atoms with van der Waals surface area (Å²) in [5, 5.41) is 2.97. The molecule has 0 bridgehead atoms. The Morgan fingerprint density at radius 2 is 1.84 bits per heavy atom. The number of hydrogen-bond acceptors (Lipinski definition) is 4. The summed E-state index contributed by atoms with van der Waals surface area (Å²) in [5.74, 6) is 1.33. The van der Waals surface area contributed by atoms with Gasteiger partial charge in [0.2, 0.25) is 5.91 Å². The van der Waals surface area contributed by atoms with Crippen LogP contribution in [0.3, 0.4) is 0 Å². The Hall–Kier alpha value is -3.02. The molecule has 6 nitrogen and oxygen atoms in total. The number of carbonyl (C=O) groups excluding carboxylic acids is 2. The molecule has 1 N–H and O–H groups in total. The summed E-state index contributed by atoms with van der Waals surface area (Å²) in [6.45, 7) is 10.6. The monoisotopic (exact) mass is 440 g/mol. The highest BCUT2D eigenvalue weighted by Crippen LogP contribution is 2.21. The van der Waals surface area contributed by atoms with Gasteiger partial charge in [-0.2, -0.15) is 0 Å². The standard InChI is InChI=1S/C26H36N2O4/c1-7-23(26(30)27-15-18(2)3)28(16-21-9-8-10-22(14-21)31-6)25(29)17-32-24-13-19(4)11-12-20(24)5/h8-14,18,23H,7,15-17H2,1-6H3,(H,27,30)/t23-/m1/s1. The summed E-state index contributed by atoms with van der Waals surface area (Å²) >= 11 is 0. The van der Waals surface area contributed by atoms with Crippen LogP contribution in [-0.4, -0.2) is 43.0 Å². The van der Waals surface area contributed by atoms with Gasteiger partial charge in [-0.15, -0.1) is 0 Å². The molecule has 6 heteroatoms. The molecule has 2 amide bonds. The van der Waals surface area contributed by atoms with E-state index in [2.05, 4.69) is 5.32 Å². The Morgan fingerprint density at radius 1 is 1.09 bits per heavy atom. The predicted molar refractivity (Wildman–Crippen MR) is 127 cm³/mol.